The number of amides is 1. The van der Waals surface area contributed by atoms with E-state index in [1.54, 1.807) is 12.0 Å². The molecular weight excluding hydrogens is 222 g/mol. The molecule has 0 aromatic carbocycles. The summed E-state index contributed by atoms with van der Waals surface area (Å²) < 4.78 is 4.95. The molecule has 0 aliphatic carbocycles. The second-order valence-electron chi connectivity index (χ2n) is 4.68. The number of carbonyl (C=O) groups excluding carboxylic acids is 1. The molecule has 17 heavy (non-hydrogen) atoms. The van der Waals surface area contributed by atoms with Crippen LogP contribution in [0.3, 0.4) is 0 Å². The van der Waals surface area contributed by atoms with Gasteiger partial charge in [-0.05, 0) is 27.2 Å². The first-order chi connectivity index (χ1) is 7.78. The van der Waals surface area contributed by atoms with Crippen molar-refractivity contribution in [1.82, 2.24) is 4.90 Å². The maximum absolute atomic E-state index is 12.2. The van der Waals surface area contributed by atoms with Gasteiger partial charge in [-0.1, -0.05) is 6.92 Å². The van der Waals surface area contributed by atoms with Crippen molar-refractivity contribution in [2.24, 2.45) is 5.41 Å². The van der Waals surface area contributed by atoms with Gasteiger partial charge in [0.2, 0.25) is 5.91 Å². The van der Waals surface area contributed by atoms with Gasteiger partial charge >= 0.3 is 5.97 Å². The fourth-order valence-electron chi connectivity index (χ4n) is 1.38. The van der Waals surface area contributed by atoms with Crippen molar-refractivity contribution in [2.45, 2.75) is 40.2 Å². The average Bonchev–Trinajstić information content (AvgIpc) is 2.28. The first kappa shape index (κ1) is 15.9. The number of methoxy groups -OCH3 is 1. The molecule has 0 radical (unpaired) electrons. The van der Waals surface area contributed by atoms with Crippen molar-refractivity contribution in [3.8, 4) is 0 Å². The van der Waals surface area contributed by atoms with E-state index in [9.17, 15) is 9.59 Å². The summed E-state index contributed by atoms with van der Waals surface area (Å²) in [4.78, 5) is 24.9. The van der Waals surface area contributed by atoms with Crippen LogP contribution in [0, 0.1) is 5.41 Å². The molecule has 5 heteroatoms. The number of hydrogen-bond acceptors (Lipinski definition) is 3. The Hall–Kier alpha value is -1.10. The van der Waals surface area contributed by atoms with Crippen LogP contribution in [-0.4, -0.2) is 48.2 Å². The topological polar surface area (TPSA) is 66.8 Å². The van der Waals surface area contributed by atoms with Gasteiger partial charge in [0, 0.05) is 19.7 Å². The van der Waals surface area contributed by atoms with E-state index in [4.69, 9.17) is 9.84 Å². The van der Waals surface area contributed by atoms with Gasteiger partial charge in [-0.25, -0.2) is 0 Å². The van der Waals surface area contributed by atoms with Crippen LogP contribution in [0.5, 0.6) is 0 Å². The minimum atomic E-state index is -1.39. The lowest BCUT2D eigenvalue weighted by atomic mass is 9.91. The van der Waals surface area contributed by atoms with Crippen LogP contribution in [0.4, 0.5) is 0 Å². The van der Waals surface area contributed by atoms with Crippen LogP contribution in [0.15, 0.2) is 0 Å². The van der Waals surface area contributed by atoms with Gasteiger partial charge in [0.25, 0.3) is 0 Å². The first-order valence-corrected chi connectivity index (χ1v) is 5.82. The van der Waals surface area contributed by atoms with Crippen LogP contribution >= 0.6 is 0 Å². The Bertz CT molecular complexity index is 276. The first-order valence-electron chi connectivity index (χ1n) is 5.82. The van der Waals surface area contributed by atoms with Crippen LogP contribution in [0.25, 0.3) is 0 Å². The van der Waals surface area contributed by atoms with Crippen molar-refractivity contribution in [3.05, 3.63) is 0 Å². The third kappa shape index (κ3) is 4.00. The van der Waals surface area contributed by atoms with Crippen molar-refractivity contribution < 1.29 is 19.4 Å². The highest BCUT2D eigenvalue weighted by Crippen LogP contribution is 2.21. The van der Waals surface area contributed by atoms with Crippen molar-refractivity contribution in [1.29, 1.82) is 0 Å². The summed E-state index contributed by atoms with van der Waals surface area (Å²) in [5.41, 5.74) is -1.39. The molecule has 0 fully saturated rings. The van der Waals surface area contributed by atoms with E-state index in [0.717, 1.165) is 6.42 Å². The summed E-state index contributed by atoms with van der Waals surface area (Å²) in [5.74, 6) is -1.47. The Balaban J connectivity index is 4.92. The summed E-state index contributed by atoms with van der Waals surface area (Å²) in [6.07, 6.45) is 0.783. The van der Waals surface area contributed by atoms with Crippen LogP contribution in [0.2, 0.25) is 0 Å². The van der Waals surface area contributed by atoms with Gasteiger partial charge in [-0.2, -0.15) is 0 Å². The summed E-state index contributed by atoms with van der Waals surface area (Å²) in [5, 5.41) is 9.06. The standard InChI is InChI=1S/C12H23NO4/c1-6-9(2)13(7-8-17-5)10(14)12(3,4)11(15)16/h9H,6-8H2,1-5H3,(H,15,16). The molecule has 100 valence electrons. The molecule has 0 aromatic rings. The van der Waals surface area contributed by atoms with Gasteiger partial charge < -0.3 is 14.7 Å². The predicted octanol–water partition coefficient (Wildman–Crippen LogP) is 1.37. The number of rotatable bonds is 7. The van der Waals surface area contributed by atoms with Gasteiger partial charge in [0.05, 0.1) is 6.61 Å². The van der Waals surface area contributed by atoms with Crippen LogP contribution in [0.1, 0.15) is 34.1 Å². The Morgan fingerprint density at radius 1 is 1.41 bits per heavy atom. The molecule has 1 unspecified atom stereocenters. The van der Waals surface area contributed by atoms with Crippen molar-refractivity contribution >= 4 is 11.9 Å². The lowest BCUT2D eigenvalue weighted by Gasteiger charge is -2.33. The molecule has 0 aliphatic rings. The summed E-state index contributed by atoms with van der Waals surface area (Å²) in [7, 11) is 1.56. The second kappa shape index (κ2) is 6.59. The normalized spacial score (nSPS) is 13.2. The Kier molecular flexibility index (Phi) is 6.16. The zero-order valence-corrected chi connectivity index (χ0v) is 11.3. The molecule has 0 heterocycles. The molecule has 1 N–H and O–H groups in total. The van der Waals surface area contributed by atoms with E-state index in [-0.39, 0.29) is 11.9 Å². The van der Waals surface area contributed by atoms with Gasteiger partial charge in [0.15, 0.2) is 0 Å². The third-order valence-corrected chi connectivity index (χ3v) is 2.99. The van der Waals surface area contributed by atoms with Gasteiger partial charge in [-0.3, -0.25) is 9.59 Å². The fourth-order valence-corrected chi connectivity index (χ4v) is 1.38. The fraction of sp³-hybridized carbons (Fsp3) is 0.833. The number of carboxylic acid groups (broad SMARTS) is 1. The summed E-state index contributed by atoms with van der Waals surface area (Å²) >= 11 is 0. The zero-order valence-electron chi connectivity index (χ0n) is 11.3. The summed E-state index contributed by atoms with van der Waals surface area (Å²) in [6.45, 7) is 7.56. The number of carbonyl (C=O) groups is 2. The van der Waals surface area contributed by atoms with Gasteiger partial charge in [-0.15, -0.1) is 0 Å². The third-order valence-electron chi connectivity index (χ3n) is 2.99. The average molecular weight is 245 g/mol. The number of nitrogens with zero attached hydrogens (tertiary/aromatic N) is 1. The van der Waals surface area contributed by atoms with Crippen LogP contribution < -0.4 is 0 Å². The minimum Gasteiger partial charge on any atom is -0.480 e. The monoisotopic (exact) mass is 245 g/mol. The molecular formula is C12H23NO4. The molecule has 0 saturated heterocycles. The quantitative estimate of drug-likeness (QED) is 0.688. The van der Waals surface area contributed by atoms with Crippen molar-refractivity contribution in [3.63, 3.8) is 0 Å². The van der Waals surface area contributed by atoms with E-state index in [0.29, 0.717) is 13.2 Å². The molecule has 0 rings (SSSR count). The molecule has 0 aromatic heterocycles. The van der Waals surface area contributed by atoms with E-state index in [1.165, 1.54) is 13.8 Å². The van der Waals surface area contributed by atoms with Gasteiger partial charge in [0.1, 0.15) is 5.41 Å². The lowest BCUT2D eigenvalue weighted by Crippen LogP contribution is -2.49. The van der Waals surface area contributed by atoms with E-state index < -0.39 is 11.4 Å². The molecule has 0 aliphatic heterocycles. The Morgan fingerprint density at radius 2 is 1.94 bits per heavy atom. The zero-order chi connectivity index (χ0) is 13.6. The maximum Gasteiger partial charge on any atom is 0.318 e. The Morgan fingerprint density at radius 3 is 2.29 bits per heavy atom. The number of carboxylic acids is 1. The smallest absolute Gasteiger partial charge is 0.318 e. The highest BCUT2D eigenvalue weighted by atomic mass is 16.5. The number of hydrogen-bond donors (Lipinski definition) is 1. The number of ether oxygens (including phenoxy) is 1. The molecule has 0 spiro atoms. The molecule has 1 amide bonds. The van der Waals surface area contributed by atoms with Crippen molar-refractivity contribution in [2.75, 3.05) is 20.3 Å². The predicted molar refractivity (Wildman–Crippen MR) is 64.8 cm³/mol. The SMILES string of the molecule is CCC(C)N(CCOC)C(=O)C(C)(C)C(=O)O. The maximum atomic E-state index is 12.2. The summed E-state index contributed by atoms with van der Waals surface area (Å²) in [6, 6.07) is 0.0104. The minimum absolute atomic E-state index is 0.0104. The molecule has 0 bridgehead atoms. The van der Waals surface area contributed by atoms with Crippen LogP contribution in [-0.2, 0) is 14.3 Å². The second-order valence-corrected chi connectivity index (χ2v) is 4.68. The Labute approximate surface area is 103 Å². The van der Waals surface area contributed by atoms with E-state index in [2.05, 4.69) is 0 Å². The van der Waals surface area contributed by atoms with E-state index >= 15 is 0 Å². The molecule has 5 nitrogen and oxygen atoms in total. The number of aliphatic carboxylic acids is 1. The highest BCUT2D eigenvalue weighted by molar-refractivity contribution is 6.01. The lowest BCUT2D eigenvalue weighted by molar-refractivity contribution is -0.159. The largest absolute Gasteiger partial charge is 0.480 e. The highest BCUT2D eigenvalue weighted by Gasteiger charge is 2.40. The molecule has 0 saturated carbocycles. The van der Waals surface area contributed by atoms with E-state index in [1.807, 2.05) is 13.8 Å². The molecule has 1 atom stereocenters.